The smallest absolute Gasteiger partial charge is 0.290 e. The Morgan fingerprint density at radius 3 is 3.05 bits per heavy atom. The third-order valence-electron chi connectivity index (χ3n) is 3.94. The first-order chi connectivity index (χ1) is 10.8. The molecule has 1 aromatic carbocycles. The molecule has 0 atom stereocenters. The Kier molecular flexibility index (Phi) is 3.34. The Morgan fingerprint density at radius 1 is 1.23 bits per heavy atom. The van der Waals surface area contributed by atoms with Crippen molar-refractivity contribution in [1.82, 2.24) is 19.2 Å². The number of nitrogens with zero attached hydrogens (tertiary/aromatic N) is 3. The molecule has 0 spiro atoms. The molecule has 2 heterocycles. The molecule has 0 fully saturated rings. The lowest BCUT2D eigenvalue weighted by Crippen LogP contribution is -2.23. The van der Waals surface area contributed by atoms with Crippen LogP contribution in [0.15, 0.2) is 22.7 Å². The van der Waals surface area contributed by atoms with Gasteiger partial charge in [0.1, 0.15) is 11.0 Å². The summed E-state index contributed by atoms with van der Waals surface area (Å²) < 4.78 is 13.6. The van der Waals surface area contributed by atoms with E-state index >= 15 is 0 Å². The SMILES string of the molecule is O=C(NCc1ccc2nsnc2c1)c1onc2c1CCCC2. The minimum absolute atomic E-state index is 0.202. The number of amides is 1. The number of benzene rings is 1. The van der Waals surface area contributed by atoms with Gasteiger partial charge >= 0.3 is 0 Å². The number of hydrogen-bond acceptors (Lipinski definition) is 6. The van der Waals surface area contributed by atoms with Crippen molar-refractivity contribution in [1.29, 1.82) is 0 Å². The Balaban J connectivity index is 1.49. The molecule has 0 saturated heterocycles. The highest BCUT2D eigenvalue weighted by molar-refractivity contribution is 7.00. The predicted octanol–water partition coefficient (Wildman–Crippen LogP) is 2.49. The molecule has 2 aromatic heterocycles. The van der Waals surface area contributed by atoms with E-state index in [2.05, 4.69) is 19.2 Å². The number of fused-ring (bicyclic) bond motifs is 2. The Morgan fingerprint density at radius 2 is 2.09 bits per heavy atom. The van der Waals surface area contributed by atoms with Crippen LogP contribution in [0.3, 0.4) is 0 Å². The van der Waals surface area contributed by atoms with Crippen molar-refractivity contribution < 1.29 is 9.32 Å². The lowest BCUT2D eigenvalue weighted by molar-refractivity contribution is 0.0912. The summed E-state index contributed by atoms with van der Waals surface area (Å²) in [7, 11) is 0. The maximum atomic E-state index is 12.3. The van der Waals surface area contributed by atoms with Crippen LogP contribution in [0.5, 0.6) is 0 Å². The van der Waals surface area contributed by atoms with Gasteiger partial charge < -0.3 is 9.84 Å². The van der Waals surface area contributed by atoms with Gasteiger partial charge in [-0.05, 0) is 43.4 Å². The molecule has 6 nitrogen and oxygen atoms in total. The topological polar surface area (TPSA) is 80.9 Å². The van der Waals surface area contributed by atoms with Gasteiger partial charge in [0.25, 0.3) is 5.91 Å². The van der Waals surface area contributed by atoms with E-state index in [1.165, 1.54) is 11.7 Å². The number of carbonyl (C=O) groups excluding carboxylic acids is 1. The number of aryl methyl sites for hydroxylation is 1. The summed E-state index contributed by atoms with van der Waals surface area (Å²) in [6.45, 7) is 0.432. The summed E-state index contributed by atoms with van der Waals surface area (Å²) in [5.41, 5.74) is 4.63. The van der Waals surface area contributed by atoms with Gasteiger partial charge in [0.15, 0.2) is 0 Å². The van der Waals surface area contributed by atoms with Crippen LogP contribution in [0.2, 0.25) is 0 Å². The fourth-order valence-corrected chi connectivity index (χ4v) is 3.29. The highest BCUT2D eigenvalue weighted by Gasteiger charge is 2.23. The summed E-state index contributed by atoms with van der Waals surface area (Å²) in [4.78, 5) is 12.3. The average Bonchev–Trinajstić information content (AvgIpc) is 3.18. The third-order valence-corrected chi connectivity index (χ3v) is 4.49. The third kappa shape index (κ3) is 2.37. The molecule has 4 rings (SSSR count). The van der Waals surface area contributed by atoms with Gasteiger partial charge in [-0.25, -0.2) is 0 Å². The standard InChI is InChI=1S/C15H14N4O2S/c20-15(14-10-3-1-2-4-11(10)17-21-14)16-8-9-5-6-12-13(7-9)19-22-18-12/h5-7H,1-4,8H2,(H,16,20). The van der Waals surface area contributed by atoms with Gasteiger partial charge in [-0.1, -0.05) is 11.2 Å². The molecule has 22 heavy (non-hydrogen) atoms. The zero-order chi connectivity index (χ0) is 14.9. The lowest BCUT2D eigenvalue weighted by Gasteiger charge is -2.09. The molecule has 7 heteroatoms. The van der Waals surface area contributed by atoms with Crippen molar-refractivity contribution in [2.24, 2.45) is 0 Å². The summed E-state index contributed by atoms with van der Waals surface area (Å²) in [6, 6.07) is 5.80. The van der Waals surface area contributed by atoms with Crippen molar-refractivity contribution >= 4 is 28.7 Å². The van der Waals surface area contributed by atoms with E-state index in [1.54, 1.807) is 0 Å². The molecule has 1 aliphatic carbocycles. The minimum atomic E-state index is -0.202. The first-order valence-electron chi connectivity index (χ1n) is 7.28. The summed E-state index contributed by atoms with van der Waals surface area (Å²) in [5.74, 6) is 0.165. The number of hydrogen-bond donors (Lipinski definition) is 1. The van der Waals surface area contributed by atoms with E-state index in [9.17, 15) is 4.79 Å². The molecule has 0 aliphatic heterocycles. The zero-order valence-corrected chi connectivity index (χ0v) is 12.7. The number of rotatable bonds is 3. The van der Waals surface area contributed by atoms with E-state index in [4.69, 9.17) is 4.52 Å². The average molecular weight is 314 g/mol. The van der Waals surface area contributed by atoms with Crippen LogP contribution in [0.1, 0.15) is 40.2 Å². The Bertz CT molecular complexity index is 839. The van der Waals surface area contributed by atoms with E-state index < -0.39 is 0 Å². The predicted molar refractivity (Wildman–Crippen MR) is 81.7 cm³/mol. The molecule has 0 bridgehead atoms. The second-order valence-corrected chi connectivity index (χ2v) is 5.94. The van der Waals surface area contributed by atoms with Crippen LogP contribution in [0.25, 0.3) is 11.0 Å². The molecular weight excluding hydrogens is 300 g/mol. The van der Waals surface area contributed by atoms with Crippen molar-refractivity contribution in [3.63, 3.8) is 0 Å². The number of nitrogens with one attached hydrogen (secondary N) is 1. The molecular formula is C15H14N4O2S. The summed E-state index contributed by atoms with van der Waals surface area (Å²) >= 11 is 1.19. The van der Waals surface area contributed by atoms with Crippen LogP contribution in [-0.4, -0.2) is 19.8 Å². The van der Waals surface area contributed by atoms with Gasteiger partial charge in [0.05, 0.1) is 17.4 Å². The van der Waals surface area contributed by atoms with E-state index in [-0.39, 0.29) is 5.91 Å². The van der Waals surface area contributed by atoms with Crippen molar-refractivity contribution in [3.8, 4) is 0 Å². The van der Waals surface area contributed by atoms with Crippen LogP contribution < -0.4 is 5.32 Å². The second-order valence-electron chi connectivity index (χ2n) is 5.41. The Hall–Kier alpha value is -2.28. The van der Waals surface area contributed by atoms with Crippen LogP contribution >= 0.6 is 11.7 Å². The van der Waals surface area contributed by atoms with Crippen molar-refractivity contribution in [2.75, 3.05) is 0 Å². The number of carbonyl (C=O) groups is 1. The maximum absolute atomic E-state index is 12.3. The van der Waals surface area contributed by atoms with Crippen LogP contribution in [0.4, 0.5) is 0 Å². The van der Waals surface area contributed by atoms with Crippen molar-refractivity contribution in [2.45, 2.75) is 32.2 Å². The fourth-order valence-electron chi connectivity index (χ4n) is 2.77. The van der Waals surface area contributed by atoms with E-state index in [0.717, 1.165) is 53.5 Å². The van der Waals surface area contributed by atoms with Gasteiger partial charge in [-0.15, -0.1) is 0 Å². The summed E-state index contributed by atoms with van der Waals surface area (Å²) in [6.07, 6.45) is 3.97. The van der Waals surface area contributed by atoms with Crippen LogP contribution in [-0.2, 0) is 19.4 Å². The van der Waals surface area contributed by atoms with Crippen LogP contribution in [0, 0.1) is 0 Å². The van der Waals surface area contributed by atoms with Gasteiger partial charge in [-0.3, -0.25) is 4.79 Å². The molecule has 3 aromatic rings. The van der Waals surface area contributed by atoms with Gasteiger partial charge in [0, 0.05) is 12.1 Å². The second kappa shape index (κ2) is 5.49. The quantitative estimate of drug-likeness (QED) is 0.803. The van der Waals surface area contributed by atoms with Crippen molar-refractivity contribution in [3.05, 3.63) is 40.8 Å². The molecule has 0 saturated carbocycles. The number of aromatic nitrogens is 3. The molecule has 112 valence electrons. The normalized spacial score (nSPS) is 14.0. The highest BCUT2D eigenvalue weighted by Crippen LogP contribution is 2.23. The summed E-state index contributed by atoms with van der Waals surface area (Å²) in [5, 5.41) is 6.90. The lowest BCUT2D eigenvalue weighted by atomic mass is 9.96. The highest BCUT2D eigenvalue weighted by atomic mass is 32.1. The minimum Gasteiger partial charge on any atom is -0.350 e. The zero-order valence-electron chi connectivity index (χ0n) is 11.8. The molecule has 1 N–H and O–H groups in total. The van der Waals surface area contributed by atoms with E-state index in [0.29, 0.717) is 12.3 Å². The largest absolute Gasteiger partial charge is 0.350 e. The van der Waals surface area contributed by atoms with Gasteiger partial charge in [-0.2, -0.15) is 8.75 Å². The van der Waals surface area contributed by atoms with Gasteiger partial charge in [0.2, 0.25) is 5.76 Å². The fraction of sp³-hybridized carbons (Fsp3) is 0.333. The first-order valence-corrected chi connectivity index (χ1v) is 8.01. The molecule has 1 aliphatic rings. The molecule has 1 amide bonds. The monoisotopic (exact) mass is 314 g/mol. The molecule has 0 unspecified atom stereocenters. The maximum Gasteiger partial charge on any atom is 0.290 e. The first kappa shape index (κ1) is 13.4. The Labute approximate surface area is 130 Å². The molecule has 0 radical (unpaired) electrons. The van der Waals surface area contributed by atoms with E-state index in [1.807, 2.05) is 18.2 Å².